The molecule has 0 radical (unpaired) electrons. The highest BCUT2D eigenvalue weighted by Gasteiger charge is 2.21. The van der Waals surface area contributed by atoms with Crippen LogP contribution in [0.2, 0.25) is 0 Å². The van der Waals surface area contributed by atoms with Crippen molar-refractivity contribution in [2.75, 3.05) is 0 Å². The Hall–Kier alpha value is -5.35. The minimum absolute atomic E-state index is 0.256. The summed E-state index contributed by atoms with van der Waals surface area (Å²) in [5.41, 5.74) is 5.73. The van der Waals surface area contributed by atoms with Crippen LogP contribution >= 0.6 is 0 Å². The molecule has 1 unspecified atom stereocenters. The first-order valence-corrected chi connectivity index (χ1v) is 13.9. The maximum atomic E-state index is 6.41. The van der Waals surface area contributed by atoms with Crippen LogP contribution in [-0.4, -0.2) is 15.0 Å². The van der Waals surface area contributed by atoms with Crippen molar-refractivity contribution < 1.29 is 4.42 Å². The quantitative estimate of drug-likeness (QED) is 0.229. The smallest absolute Gasteiger partial charge is 0.164 e. The lowest BCUT2D eigenvalue weighted by Gasteiger charge is -2.16. The second-order valence-corrected chi connectivity index (χ2v) is 10.4. The molecule has 7 aromatic rings. The van der Waals surface area contributed by atoms with Crippen molar-refractivity contribution >= 4 is 32.7 Å². The van der Waals surface area contributed by atoms with Gasteiger partial charge >= 0.3 is 0 Å². The maximum absolute atomic E-state index is 6.41. The summed E-state index contributed by atoms with van der Waals surface area (Å²) in [6.45, 7) is 0. The minimum Gasteiger partial charge on any atom is -0.456 e. The highest BCUT2D eigenvalue weighted by Crippen LogP contribution is 2.40. The van der Waals surface area contributed by atoms with Crippen molar-refractivity contribution in [3.8, 4) is 34.2 Å². The number of hydrogen-bond donors (Lipinski definition) is 0. The Kier molecular flexibility index (Phi) is 5.56. The Morgan fingerprint density at radius 3 is 2.20 bits per heavy atom. The van der Waals surface area contributed by atoms with Crippen LogP contribution in [0.1, 0.15) is 17.9 Å². The van der Waals surface area contributed by atoms with Crippen LogP contribution in [0.3, 0.4) is 0 Å². The maximum Gasteiger partial charge on any atom is 0.164 e. The lowest BCUT2D eigenvalue weighted by Crippen LogP contribution is -2.02. The summed E-state index contributed by atoms with van der Waals surface area (Å²) in [5.74, 6) is 2.18. The molecule has 0 saturated heterocycles. The van der Waals surface area contributed by atoms with E-state index in [1.807, 2.05) is 48.5 Å². The number of fused-ring (bicyclic) bond motifs is 4. The number of aromatic nitrogens is 3. The van der Waals surface area contributed by atoms with Gasteiger partial charge in [0.2, 0.25) is 0 Å². The first-order valence-electron chi connectivity index (χ1n) is 13.9. The van der Waals surface area contributed by atoms with Gasteiger partial charge in [0, 0.05) is 33.4 Å². The molecule has 0 amide bonds. The summed E-state index contributed by atoms with van der Waals surface area (Å²) in [5, 5.41) is 4.41. The summed E-state index contributed by atoms with van der Waals surface area (Å²) in [6.07, 6.45) is 9.62. The predicted molar refractivity (Wildman–Crippen MR) is 167 cm³/mol. The highest BCUT2D eigenvalue weighted by atomic mass is 16.3. The number of hydrogen-bond acceptors (Lipinski definition) is 4. The number of allylic oxidation sites excluding steroid dienone is 4. The Labute approximate surface area is 237 Å². The van der Waals surface area contributed by atoms with Crippen LogP contribution in [0, 0.1) is 0 Å². The molecule has 4 nitrogen and oxygen atoms in total. The molecule has 2 aromatic heterocycles. The van der Waals surface area contributed by atoms with E-state index in [0.717, 1.165) is 50.4 Å². The molecule has 0 saturated carbocycles. The number of rotatable bonds is 4. The molecule has 8 rings (SSSR count). The van der Waals surface area contributed by atoms with Crippen molar-refractivity contribution in [2.24, 2.45) is 0 Å². The van der Waals surface area contributed by atoms with E-state index >= 15 is 0 Å². The Morgan fingerprint density at radius 1 is 0.585 bits per heavy atom. The van der Waals surface area contributed by atoms with Gasteiger partial charge in [0.1, 0.15) is 11.2 Å². The van der Waals surface area contributed by atoms with E-state index < -0.39 is 0 Å². The SMILES string of the molecule is C1=CCC(c2cc(-c3nc(-c4ccccc4)nc(-c4ccc5ccccc5c4)n3)c3c(c2)oc2ccccc23)C=C1. The van der Waals surface area contributed by atoms with Crippen LogP contribution in [0.4, 0.5) is 0 Å². The molecule has 1 aliphatic rings. The fourth-order valence-electron chi connectivity index (χ4n) is 5.76. The number of furan rings is 1. The van der Waals surface area contributed by atoms with Gasteiger partial charge < -0.3 is 4.42 Å². The zero-order valence-corrected chi connectivity index (χ0v) is 22.2. The van der Waals surface area contributed by atoms with Gasteiger partial charge in [0.15, 0.2) is 17.5 Å². The predicted octanol–water partition coefficient (Wildman–Crippen LogP) is 9.52. The van der Waals surface area contributed by atoms with Gasteiger partial charge in [-0.15, -0.1) is 0 Å². The van der Waals surface area contributed by atoms with E-state index in [4.69, 9.17) is 19.4 Å². The molecule has 0 N–H and O–H groups in total. The molecule has 0 fully saturated rings. The molecule has 0 spiro atoms. The summed E-state index contributed by atoms with van der Waals surface area (Å²) in [4.78, 5) is 15.2. The Morgan fingerprint density at radius 2 is 1.34 bits per heavy atom. The van der Waals surface area contributed by atoms with E-state index in [0.29, 0.717) is 17.5 Å². The fraction of sp³-hybridized carbons (Fsp3) is 0.0541. The first kappa shape index (κ1) is 23.5. The minimum atomic E-state index is 0.256. The van der Waals surface area contributed by atoms with Gasteiger partial charge in [-0.25, -0.2) is 15.0 Å². The topological polar surface area (TPSA) is 51.8 Å². The van der Waals surface area contributed by atoms with Gasteiger partial charge in [-0.1, -0.05) is 109 Å². The third-order valence-electron chi connectivity index (χ3n) is 7.83. The van der Waals surface area contributed by atoms with Gasteiger partial charge in [-0.05, 0) is 47.0 Å². The standard InChI is InChI=1S/C37H25N3O/c1-3-11-24(12-4-1)29-22-31(34-30-17-9-10-18-32(30)41-33(34)23-29)37-39-35(26-14-5-2-6-15-26)38-36(40-37)28-20-19-25-13-7-8-16-27(25)21-28/h1-11,13-24H,12H2. The van der Waals surface area contributed by atoms with E-state index in [1.54, 1.807) is 0 Å². The highest BCUT2D eigenvalue weighted by molar-refractivity contribution is 6.12. The van der Waals surface area contributed by atoms with Gasteiger partial charge in [0.25, 0.3) is 0 Å². The van der Waals surface area contributed by atoms with Crippen LogP contribution < -0.4 is 0 Å². The third kappa shape index (κ3) is 4.21. The van der Waals surface area contributed by atoms with Crippen molar-refractivity contribution in [1.29, 1.82) is 0 Å². The summed E-state index contributed by atoms with van der Waals surface area (Å²) in [7, 11) is 0. The van der Waals surface area contributed by atoms with Gasteiger partial charge in [-0.3, -0.25) is 0 Å². The van der Waals surface area contributed by atoms with Gasteiger partial charge in [0.05, 0.1) is 0 Å². The molecule has 5 aromatic carbocycles. The monoisotopic (exact) mass is 527 g/mol. The fourth-order valence-corrected chi connectivity index (χ4v) is 5.76. The molecule has 0 aliphatic heterocycles. The second-order valence-electron chi connectivity index (χ2n) is 10.4. The molecule has 4 heteroatoms. The molecule has 1 atom stereocenters. The molecule has 41 heavy (non-hydrogen) atoms. The van der Waals surface area contributed by atoms with Crippen molar-refractivity contribution in [2.45, 2.75) is 12.3 Å². The van der Waals surface area contributed by atoms with Crippen LogP contribution in [0.25, 0.3) is 66.9 Å². The zero-order chi connectivity index (χ0) is 27.2. The van der Waals surface area contributed by atoms with E-state index in [1.165, 1.54) is 10.9 Å². The molecular weight excluding hydrogens is 502 g/mol. The van der Waals surface area contributed by atoms with Crippen molar-refractivity contribution in [1.82, 2.24) is 15.0 Å². The number of para-hydroxylation sites is 1. The van der Waals surface area contributed by atoms with Crippen LogP contribution in [-0.2, 0) is 0 Å². The molecule has 1 aliphatic carbocycles. The third-order valence-corrected chi connectivity index (χ3v) is 7.83. The molecule has 194 valence electrons. The van der Waals surface area contributed by atoms with Crippen molar-refractivity contribution in [3.63, 3.8) is 0 Å². The lowest BCUT2D eigenvalue weighted by atomic mass is 9.90. The summed E-state index contributed by atoms with van der Waals surface area (Å²) < 4.78 is 6.41. The molecule has 0 bridgehead atoms. The average molecular weight is 528 g/mol. The Balaban J connectivity index is 1.41. The second kappa shape index (κ2) is 9.68. The Bertz CT molecular complexity index is 2140. The largest absolute Gasteiger partial charge is 0.456 e. The molecular formula is C37H25N3O. The van der Waals surface area contributed by atoms with E-state index in [-0.39, 0.29) is 5.92 Å². The van der Waals surface area contributed by atoms with Crippen LogP contribution in [0.15, 0.2) is 138 Å². The van der Waals surface area contributed by atoms with E-state index in [2.05, 4.69) is 85.0 Å². The van der Waals surface area contributed by atoms with Crippen molar-refractivity contribution in [3.05, 3.63) is 139 Å². The number of nitrogens with zero attached hydrogens (tertiary/aromatic N) is 3. The first-order chi connectivity index (χ1) is 20.3. The van der Waals surface area contributed by atoms with Crippen LogP contribution in [0.5, 0.6) is 0 Å². The summed E-state index contributed by atoms with van der Waals surface area (Å²) in [6, 6.07) is 37.5. The number of benzene rings is 5. The summed E-state index contributed by atoms with van der Waals surface area (Å²) >= 11 is 0. The van der Waals surface area contributed by atoms with E-state index in [9.17, 15) is 0 Å². The average Bonchev–Trinajstić information content (AvgIpc) is 3.43. The lowest BCUT2D eigenvalue weighted by molar-refractivity contribution is 0.667. The zero-order valence-electron chi connectivity index (χ0n) is 22.2. The van der Waals surface area contributed by atoms with Gasteiger partial charge in [-0.2, -0.15) is 0 Å². The molecule has 2 heterocycles. The normalized spacial score (nSPS) is 14.8.